The topological polar surface area (TPSA) is 46.1 Å². The summed E-state index contributed by atoms with van der Waals surface area (Å²) < 4.78 is 0. The maximum absolute atomic E-state index is 4.34. The first-order valence-corrected chi connectivity index (χ1v) is 10.0. The fourth-order valence-electron chi connectivity index (χ4n) is 3.46. The molecule has 0 spiro atoms. The molecule has 0 aliphatic carbocycles. The lowest BCUT2D eigenvalue weighted by molar-refractivity contribution is 0.173. The van der Waals surface area contributed by atoms with Crippen LogP contribution < -0.4 is 10.6 Å². The molecule has 0 radical (unpaired) electrons. The number of likely N-dealkylation sites (N-methyl/N-ethyl adjacent to an activating group) is 1. The predicted molar refractivity (Wildman–Crippen MR) is 110 cm³/mol. The molecule has 1 aliphatic rings. The molecule has 0 saturated carbocycles. The predicted octanol–water partition coefficient (Wildman–Crippen LogP) is 1.30. The van der Waals surface area contributed by atoms with Gasteiger partial charge in [-0.1, -0.05) is 0 Å². The van der Waals surface area contributed by atoms with E-state index in [1.54, 1.807) is 0 Å². The number of guanidine groups is 1. The van der Waals surface area contributed by atoms with E-state index < -0.39 is 0 Å². The highest BCUT2D eigenvalue weighted by Gasteiger charge is 2.13. The van der Waals surface area contributed by atoms with E-state index in [1.165, 1.54) is 32.6 Å². The molecule has 1 fully saturated rings. The highest BCUT2D eigenvalue weighted by Crippen LogP contribution is 2.05. The van der Waals surface area contributed by atoms with Gasteiger partial charge in [-0.3, -0.25) is 9.89 Å². The minimum absolute atomic E-state index is 0.602. The van der Waals surface area contributed by atoms with Gasteiger partial charge in [-0.25, -0.2) is 0 Å². The number of hydrogen-bond donors (Lipinski definition) is 2. The van der Waals surface area contributed by atoms with E-state index in [0.717, 1.165) is 38.6 Å². The molecule has 0 unspecified atom stereocenters. The smallest absolute Gasteiger partial charge is 0.191 e. The first-order chi connectivity index (χ1) is 11.9. The van der Waals surface area contributed by atoms with Crippen molar-refractivity contribution < 1.29 is 0 Å². The van der Waals surface area contributed by atoms with Gasteiger partial charge in [-0.2, -0.15) is 0 Å². The van der Waals surface area contributed by atoms with Crippen LogP contribution in [-0.2, 0) is 0 Å². The van der Waals surface area contributed by atoms with Gasteiger partial charge in [0.25, 0.3) is 0 Å². The van der Waals surface area contributed by atoms with Crippen LogP contribution in [0.5, 0.6) is 0 Å². The lowest BCUT2D eigenvalue weighted by atomic mass is 10.2. The van der Waals surface area contributed by atoms with Crippen LogP contribution in [0.15, 0.2) is 4.99 Å². The molecule has 1 rings (SSSR count). The van der Waals surface area contributed by atoms with Crippen LogP contribution in [0.1, 0.15) is 40.5 Å². The Bertz CT molecular complexity index is 361. The molecule has 1 aliphatic heterocycles. The van der Waals surface area contributed by atoms with Crippen molar-refractivity contribution in [3.05, 3.63) is 0 Å². The fourth-order valence-corrected chi connectivity index (χ4v) is 3.46. The minimum Gasteiger partial charge on any atom is -0.356 e. The molecule has 0 amide bonds. The number of rotatable bonds is 9. The summed E-state index contributed by atoms with van der Waals surface area (Å²) in [6.45, 7) is 18.0. The quantitative estimate of drug-likeness (QED) is 0.371. The highest BCUT2D eigenvalue weighted by atomic mass is 15.2. The first-order valence-electron chi connectivity index (χ1n) is 10.0. The van der Waals surface area contributed by atoms with E-state index in [0.29, 0.717) is 12.1 Å². The standard InChI is InChI=1S/C19H42N6/c1-17(2)25(18(3)4)13-7-9-21-19(20-5)22-10-14-24-12-8-11-23(6)15-16-24/h17-18H,7-16H2,1-6H3,(H2,20,21,22). The van der Waals surface area contributed by atoms with E-state index in [2.05, 4.69) is 65.1 Å². The van der Waals surface area contributed by atoms with Crippen molar-refractivity contribution in [1.29, 1.82) is 0 Å². The van der Waals surface area contributed by atoms with Gasteiger partial charge in [0, 0.05) is 58.4 Å². The summed E-state index contributed by atoms with van der Waals surface area (Å²) in [7, 11) is 4.07. The van der Waals surface area contributed by atoms with E-state index >= 15 is 0 Å². The zero-order valence-electron chi connectivity index (χ0n) is 17.5. The molecule has 0 aromatic heterocycles. The van der Waals surface area contributed by atoms with Crippen LogP contribution in [-0.4, -0.2) is 99.2 Å². The Kier molecular flexibility index (Phi) is 11.1. The van der Waals surface area contributed by atoms with Crippen LogP contribution in [0.3, 0.4) is 0 Å². The van der Waals surface area contributed by atoms with Gasteiger partial charge >= 0.3 is 0 Å². The average molecular weight is 355 g/mol. The van der Waals surface area contributed by atoms with Gasteiger partial charge in [-0.15, -0.1) is 0 Å². The second-order valence-electron chi connectivity index (χ2n) is 7.70. The fraction of sp³-hybridized carbons (Fsp3) is 0.947. The van der Waals surface area contributed by atoms with Crippen LogP contribution >= 0.6 is 0 Å². The van der Waals surface area contributed by atoms with Gasteiger partial charge in [0.05, 0.1) is 0 Å². The van der Waals surface area contributed by atoms with E-state index in [1.807, 2.05) is 7.05 Å². The second kappa shape index (κ2) is 12.5. The molecule has 0 atom stereocenters. The van der Waals surface area contributed by atoms with Crippen molar-refractivity contribution in [2.45, 2.75) is 52.6 Å². The van der Waals surface area contributed by atoms with Crippen molar-refractivity contribution in [1.82, 2.24) is 25.3 Å². The third-order valence-electron chi connectivity index (χ3n) is 4.97. The number of aliphatic imine (C=N–C) groups is 1. The third-order valence-corrected chi connectivity index (χ3v) is 4.97. The molecule has 0 aromatic carbocycles. The molecule has 148 valence electrons. The maximum Gasteiger partial charge on any atom is 0.191 e. The van der Waals surface area contributed by atoms with Crippen LogP contribution in [0.25, 0.3) is 0 Å². The maximum atomic E-state index is 4.34. The Hall–Kier alpha value is -0.850. The zero-order chi connectivity index (χ0) is 18.7. The molecule has 0 bridgehead atoms. The summed E-state index contributed by atoms with van der Waals surface area (Å²) in [6.07, 6.45) is 2.40. The minimum atomic E-state index is 0.602. The SMILES string of the molecule is CN=C(NCCCN(C(C)C)C(C)C)NCCN1CCCN(C)CC1. The Morgan fingerprint density at radius 1 is 1.00 bits per heavy atom. The zero-order valence-corrected chi connectivity index (χ0v) is 17.5. The van der Waals surface area contributed by atoms with Crippen molar-refractivity contribution >= 4 is 5.96 Å². The van der Waals surface area contributed by atoms with Crippen LogP contribution in [0.2, 0.25) is 0 Å². The van der Waals surface area contributed by atoms with E-state index in [9.17, 15) is 0 Å². The summed E-state index contributed by atoms with van der Waals surface area (Å²) in [6, 6.07) is 1.20. The summed E-state index contributed by atoms with van der Waals surface area (Å²) in [5.41, 5.74) is 0. The molecule has 0 aromatic rings. The number of hydrogen-bond acceptors (Lipinski definition) is 4. The second-order valence-corrected chi connectivity index (χ2v) is 7.70. The monoisotopic (exact) mass is 354 g/mol. The molecular formula is C19H42N6. The Morgan fingerprint density at radius 3 is 2.32 bits per heavy atom. The summed E-state index contributed by atoms with van der Waals surface area (Å²) >= 11 is 0. The van der Waals surface area contributed by atoms with Gasteiger partial charge in [0.15, 0.2) is 5.96 Å². The number of nitrogens with zero attached hydrogens (tertiary/aromatic N) is 4. The Morgan fingerprint density at radius 2 is 1.68 bits per heavy atom. The van der Waals surface area contributed by atoms with Gasteiger partial charge in [-0.05, 0) is 60.7 Å². The summed E-state index contributed by atoms with van der Waals surface area (Å²) in [4.78, 5) is 11.8. The van der Waals surface area contributed by atoms with Crippen LogP contribution in [0.4, 0.5) is 0 Å². The molecule has 2 N–H and O–H groups in total. The average Bonchev–Trinajstić information content (AvgIpc) is 2.76. The molecule has 1 saturated heterocycles. The molecule has 6 nitrogen and oxygen atoms in total. The van der Waals surface area contributed by atoms with E-state index in [-0.39, 0.29) is 0 Å². The van der Waals surface area contributed by atoms with Gasteiger partial charge < -0.3 is 20.4 Å². The molecule has 6 heteroatoms. The number of nitrogens with one attached hydrogen (secondary N) is 2. The van der Waals surface area contributed by atoms with Crippen LogP contribution in [0, 0.1) is 0 Å². The highest BCUT2D eigenvalue weighted by molar-refractivity contribution is 5.79. The Balaban J connectivity index is 2.18. The van der Waals surface area contributed by atoms with Crippen molar-refractivity contribution in [2.24, 2.45) is 4.99 Å². The molecular weight excluding hydrogens is 312 g/mol. The molecule has 25 heavy (non-hydrogen) atoms. The lowest BCUT2D eigenvalue weighted by Gasteiger charge is -2.30. The molecule has 1 heterocycles. The Labute approximate surface area is 156 Å². The normalized spacial score (nSPS) is 18.2. The van der Waals surface area contributed by atoms with Crippen molar-refractivity contribution in [2.75, 3.05) is 66.5 Å². The largest absolute Gasteiger partial charge is 0.356 e. The van der Waals surface area contributed by atoms with Gasteiger partial charge in [0.1, 0.15) is 0 Å². The summed E-state index contributed by atoms with van der Waals surface area (Å²) in [5.74, 6) is 0.924. The van der Waals surface area contributed by atoms with E-state index in [4.69, 9.17) is 0 Å². The summed E-state index contributed by atoms with van der Waals surface area (Å²) in [5, 5.41) is 6.90. The lowest BCUT2D eigenvalue weighted by Crippen LogP contribution is -2.43. The van der Waals surface area contributed by atoms with Crippen molar-refractivity contribution in [3.8, 4) is 0 Å². The third kappa shape index (κ3) is 9.42. The van der Waals surface area contributed by atoms with Gasteiger partial charge in [0.2, 0.25) is 0 Å². The first kappa shape index (κ1) is 22.2. The van der Waals surface area contributed by atoms with Crippen molar-refractivity contribution in [3.63, 3.8) is 0 Å².